The molecule has 212 valence electrons. The Labute approximate surface area is 211 Å². The molecule has 0 radical (unpaired) electrons. The second kappa shape index (κ2) is 15.5. The fraction of sp³-hybridized carbons (Fsp3) is 0.958. The molecule has 2 fully saturated rings. The van der Waals surface area contributed by atoms with Gasteiger partial charge in [0.25, 0.3) is 0 Å². The van der Waals surface area contributed by atoms with E-state index in [9.17, 15) is 40.5 Å². The third-order valence-corrected chi connectivity index (χ3v) is 6.91. The van der Waals surface area contributed by atoms with Gasteiger partial charge in [0.15, 0.2) is 0 Å². The molecule has 2 heterocycles. The summed E-state index contributed by atoms with van der Waals surface area (Å²) < 4.78 is 21.7. The first-order chi connectivity index (χ1) is 17.2. The van der Waals surface area contributed by atoms with Gasteiger partial charge in [0.05, 0.1) is 26.4 Å². The quantitative estimate of drug-likeness (QED) is 0.0902. The molecule has 12 nitrogen and oxygen atoms in total. The number of aliphatic hydroxyl groups excluding tert-OH is 7. The van der Waals surface area contributed by atoms with Crippen LogP contribution < -0.4 is 0 Å². The standard InChI is InChI=1S/C24H44O12/c1-2-3-4-5-6-7-8-9-18(27)34-12-17-20(29)22(31)19(28)16(35-17)11-33-14-24(13-26)23(32)21(30)15(10-25)36-24/h15-17,19-23,25-26,28-32H,2-14H2,1H3/t15-,16?,17?,19?,20-,21?,22+,23+,24-/m0/s1. The fourth-order valence-electron chi connectivity index (χ4n) is 4.52. The first kappa shape index (κ1) is 31.3. The van der Waals surface area contributed by atoms with Gasteiger partial charge in [0.1, 0.15) is 61.0 Å². The molecule has 2 rings (SSSR count). The van der Waals surface area contributed by atoms with Gasteiger partial charge in [-0.1, -0.05) is 45.4 Å². The largest absolute Gasteiger partial charge is 0.463 e. The Morgan fingerprint density at radius 1 is 0.806 bits per heavy atom. The normalized spacial score (nSPS) is 36.8. The van der Waals surface area contributed by atoms with Gasteiger partial charge in [-0.2, -0.15) is 0 Å². The van der Waals surface area contributed by atoms with E-state index in [1.807, 2.05) is 0 Å². The minimum Gasteiger partial charge on any atom is -0.463 e. The predicted octanol–water partition coefficient (Wildman–Crippen LogP) is -1.62. The van der Waals surface area contributed by atoms with Crippen molar-refractivity contribution in [3.05, 3.63) is 0 Å². The molecule has 36 heavy (non-hydrogen) atoms. The zero-order valence-electron chi connectivity index (χ0n) is 21.0. The number of aliphatic hydroxyl groups is 7. The average Bonchev–Trinajstić information content (AvgIpc) is 3.12. The van der Waals surface area contributed by atoms with Gasteiger partial charge < -0.3 is 54.7 Å². The van der Waals surface area contributed by atoms with E-state index in [2.05, 4.69) is 6.92 Å². The van der Waals surface area contributed by atoms with Crippen LogP contribution in [0.4, 0.5) is 0 Å². The summed E-state index contributed by atoms with van der Waals surface area (Å²) in [6.07, 6.45) is -3.25. The maximum atomic E-state index is 12.1. The summed E-state index contributed by atoms with van der Waals surface area (Å²) in [7, 11) is 0. The van der Waals surface area contributed by atoms with Gasteiger partial charge >= 0.3 is 5.97 Å². The molecule has 0 amide bonds. The van der Waals surface area contributed by atoms with Gasteiger partial charge in [-0.15, -0.1) is 0 Å². The van der Waals surface area contributed by atoms with Crippen molar-refractivity contribution in [3.8, 4) is 0 Å². The van der Waals surface area contributed by atoms with E-state index in [1.54, 1.807) is 0 Å². The molecule has 2 aliphatic rings. The van der Waals surface area contributed by atoms with E-state index < -0.39 is 80.2 Å². The van der Waals surface area contributed by atoms with E-state index in [4.69, 9.17) is 18.9 Å². The molecule has 4 unspecified atom stereocenters. The highest BCUT2D eigenvalue weighted by Gasteiger charge is 2.54. The summed E-state index contributed by atoms with van der Waals surface area (Å²) in [6, 6.07) is 0. The smallest absolute Gasteiger partial charge is 0.305 e. The Balaban J connectivity index is 1.78. The number of carbonyl (C=O) groups is 1. The molecule has 0 aliphatic carbocycles. The Morgan fingerprint density at radius 3 is 2.00 bits per heavy atom. The first-order valence-electron chi connectivity index (χ1n) is 12.9. The Hall–Kier alpha value is -0.930. The number of hydrogen-bond acceptors (Lipinski definition) is 12. The van der Waals surface area contributed by atoms with Gasteiger partial charge in [-0.25, -0.2) is 0 Å². The summed E-state index contributed by atoms with van der Waals surface area (Å²) in [5, 5.41) is 69.9. The molecule has 0 aromatic carbocycles. The molecule has 0 spiro atoms. The van der Waals surface area contributed by atoms with Crippen LogP contribution >= 0.6 is 0 Å². The summed E-state index contributed by atoms with van der Waals surface area (Å²) in [5.41, 5.74) is -1.70. The third kappa shape index (κ3) is 8.29. The van der Waals surface area contributed by atoms with Crippen molar-refractivity contribution < 1.29 is 59.5 Å². The minimum atomic E-state index is -1.70. The molecule has 2 aliphatic heterocycles. The SMILES string of the molecule is CCCCCCCCCC(=O)OCC1OC(COC[C@]2(CO)O[C@@H](CO)C(O)[C@H]2O)C(O)[C@@H](O)[C@H]1O. The van der Waals surface area contributed by atoms with E-state index >= 15 is 0 Å². The van der Waals surface area contributed by atoms with Crippen LogP contribution in [0.3, 0.4) is 0 Å². The lowest BCUT2D eigenvalue weighted by Gasteiger charge is -2.40. The van der Waals surface area contributed by atoms with Gasteiger partial charge in [0.2, 0.25) is 0 Å². The van der Waals surface area contributed by atoms with Gasteiger partial charge in [-0.05, 0) is 6.42 Å². The maximum Gasteiger partial charge on any atom is 0.305 e. The van der Waals surface area contributed by atoms with Gasteiger partial charge in [-0.3, -0.25) is 4.79 Å². The summed E-state index contributed by atoms with van der Waals surface area (Å²) in [6.45, 7) is -0.195. The molecule has 0 saturated carbocycles. The monoisotopic (exact) mass is 524 g/mol. The minimum absolute atomic E-state index is 0.237. The zero-order valence-corrected chi connectivity index (χ0v) is 21.0. The predicted molar refractivity (Wildman–Crippen MR) is 125 cm³/mol. The van der Waals surface area contributed by atoms with Crippen LogP contribution in [0.5, 0.6) is 0 Å². The second-order valence-electron chi connectivity index (χ2n) is 9.75. The van der Waals surface area contributed by atoms with Crippen molar-refractivity contribution in [2.75, 3.05) is 33.0 Å². The van der Waals surface area contributed by atoms with Crippen molar-refractivity contribution in [2.24, 2.45) is 0 Å². The highest BCUT2D eigenvalue weighted by Crippen LogP contribution is 2.32. The number of carbonyl (C=O) groups excluding carboxylic acids is 1. The number of hydrogen-bond donors (Lipinski definition) is 7. The van der Waals surface area contributed by atoms with Crippen LogP contribution in [-0.4, -0.2) is 129 Å². The summed E-state index contributed by atoms with van der Waals surface area (Å²) >= 11 is 0. The van der Waals surface area contributed by atoms with Crippen molar-refractivity contribution in [3.63, 3.8) is 0 Å². The molecule has 2 saturated heterocycles. The lowest BCUT2D eigenvalue weighted by Crippen LogP contribution is -2.60. The summed E-state index contributed by atoms with van der Waals surface area (Å²) in [4.78, 5) is 12.1. The van der Waals surface area contributed by atoms with E-state index in [-0.39, 0.29) is 19.6 Å². The third-order valence-electron chi connectivity index (χ3n) is 6.91. The molecule has 0 aromatic rings. The Bertz CT molecular complexity index is 636. The van der Waals surface area contributed by atoms with Crippen LogP contribution in [-0.2, 0) is 23.7 Å². The molecule has 9 atom stereocenters. The van der Waals surface area contributed by atoms with Crippen molar-refractivity contribution in [1.29, 1.82) is 0 Å². The second-order valence-corrected chi connectivity index (χ2v) is 9.75. The summed E-state index contributed by atoms with van der Waals surface area (Å²) in [5.74, 6) is -0.443. The topological polar surface area (TPSA) is 196 Å². The number of esters is 1. The lowest BCUT2D eigenvalue weighted by atomic mass is 9.95. The van der Waals surface area contributed by atoms with Crippen LogP contribution in [0.2, 0.25) is 0 Å². The molecular formula is C24H44O12. The van der Waals surface area contributed by atoms with Gasteiger partial charge in [0, 0.05) is 6.42 Å². The molecule has 0 aromatic heterocycles. The van der Waals surface area contributed by atoms with E-state index in [0.29, 0.717) is 6.42 Å². The average molecular weight is 525 g/mol. The molecule has 12 heteroatoms. The van der Waals surface area contributed by atoms with Crippen LogP contribution in [0.1, 0.15) is 58.3 Å². The lowest BCUT2D eigenvalue weighted by molar-refractivity contribution is -0.246. The van der Waals surface area contributed by atoms with Crippen LogP contribution in [0.15, 0.2) is 0 Å². The zero-order chi connectivity index (χ0) is 26.7. The molecular weight excluding hydrogens is 480 g/mol. The highest BCUT2D eigenvalue weighted by molar-refractivity contribution is 5.69. The number of ether oxygens (including phenoxy) is 4. The van der Waals surface area contributed by atoms with Crippen molar-refractivity contribution in [1.82, 2.24) is 0 Å². The molecule has 7 N–H and O–H groups in total. The highest BCUT2D eigenvalue weighted by atomic mass is 16.6. The van der Waals surface area contributed by atoms with Crippen molar-refractivity contribution >= 4 is 5.97 Å². The number of unbranched alkanes of at least 4 members (excludes halogenated alkanes) is 6. The van der Waals surface area contributed by atoms with Crippen LogP contribution in [0, 0.1) is 0 Å². The van der Waals surface area contributed by atoms with Crippen molar-refractivity contribution in [2.45, 2.75) is 113 Å². The Morgan fingerprint density at radius 2 is 1.42 bits per heavy atom. The van der Waals surface area contributed by atoms with E-state index in [0.717, 1.165) is 19.3 Å². The molecule has 0 bridgehead atoms. The van der Waals surface area contributed by atoms with Crippen LogP contribution in [0.25, 0.3) is 0 Å². The number of rotatable bonds is 16. The Kier molecular flexibility index (Phi) is 13.4. The van der Waals surface area contributed by atoms with E-state index in [1.165, 1.54) is 19.3 Å². The maximum absolute atomic E-state index is 12.1. The fourth-order valence-corrected chi connectivity index (χ4v) is 4.52. The first-order valence-corrected chi connectivity index (χ1v) is 12.9.